The van der Waals surface area contributed by atoms with Crippen LogP contribution in [-0.4, -0.2) is 16.3 Å². The first kappa shape index (κ1) is 7.66. The molecule has 0 amide bonds. The van der Waals surface area contributed by atoms with Gasteiger partial charge in [0.2, 0.25) is 0 Å². The number of ketones is 1. The van der Waals surface area contributed by atoms with Gasteiger partial charge in [0.25, 0.3) is 0 Å². The van der Waals surface area contributed by atoms with E-state index < -0.39 is 0 Å². The lowest BCUT2D eigenvalue weighted by molar-refractivity contribution is -0.120. The Labute approximate surface area is 71.9 Å². The molecular formula is C9H14OS. The Kier molecular flexibility index (Phi) is 2.21. The van der Waals surface area contributed by atoms with Gasteiger partial charge in [-0.25, -0.2) is 0 Å². The van der Waals surface area contributed by atoms with Crippen molar-refractivity contribution in [1.29, 1.82) is 0 Å². The van der Waals surface area contributed by atoms with Crippen molar-refractivity contribution in [3.63, 3.8) is 0 Å². The summed E-state index contributed by atoms with van der Waals surface area (Å²) in [5.74, 6) is 0.484. The molecule has 0 saturated heterocycles. The van der Waals surface area contributed by atoms with Gasteiger partial charge in [-0.1, -0.05) is 0 Å². The number of Topliss-reactive ketones (excluding diaryl/α,β-unsaturated/α-hetero) is 1. The molecule has 0 aromatic carbocycles. The molecule has 2 heteroatoms. The highest BCUT2D eigenvalue weighted by molar-refractivity contribution is 8.00. The van der Waals surface area contributed by atoms with Crippen molar-refractivity contribution < 1.29 is 4.79 Å². The van der Waals surface area contributed by atoms with Gasteiger partial charge in [-0.05, 0) is 25.7 Å². The highest BCUT2D eigenvalue weighted by Crippen LogP contribution is 2.40. The van der Waals surface area contributed by atoms with E-state index in [1.54, 1.807) is 0 Å². The van der Waals surface area contributed by atoms with Crippen LogP contribution in [0.15, 0.2) is 0 Å². The zero-order valence-corrected chi connectivity index (χ0v) is 7.53. The van der Waals surface area contributed by atoms with Crippen LogP contribution in [0.4, 0.5) is 0 Å². The summed E-state index contributed by atoms with van der Waals surface area (Å²) in [6.07, 6.45) is 6.86. The molecule has 0 atom stereocenters. The number of rotatable bonds is 2. The zero-order valence-electron chi connectivity index (χ0n) is 6.71. The molecule has 0 N–H and O–H groups in total. The van der Waals surface area contributed by atoms with E-state index in [4.69, 9.17) is 0 Å². The Morgan fingerprint density at radius 3 is 2.09 bits per heavy atom. The molecule has 0 spiro atoms. The molecule has 0 aromatic heterocycles. The number of carbonyl (C=O) groups is 1. The fourth-order valence-corrected chi connectivity index (χ4v) is 2.99. The molecule has 0 radical (unpaired) electrons. The van der Waals surface area contributed by atoms with Crippen LogP contribution in [0, 0.1) is 0 Å². The lowest BCUT2D eigenvalue weighted by Gasteiger charge is -2.19. The molecule has 1 nitrogen and oxygen atoms in total. The van der Waals surface area contributed by atoms with E-state index in [2.05, 4.69) is 11.8 Å². The summed E-state index contributed by atoms with van der Waals surface area (Å²) < 4.78 is 0. The smallest absolute Gasteiger partial charge is 0.132 e. The van der Waals surface area contributed by atoms with Crippen LogP contribution in [0.3, 0.4) is 0 Å². The molecule has 2 aliphatic rings. The molecule has 2 fully saturated rings. The second-order valence-corrected chi connectivity index (χ2v) is 5.18. The van der Waals surface area contributed by atoms with Gasteiger partial charge in [-0.3, -0.25) is 4.79 Å². The summed E-state index contributed by atoms with van der Waals surface area (Å²) >= 11 is 2.14. The van der Waals surface area contributed by atoms with E-state index in [1.807, 2.05) is 0 Å². The van der Waals surface area contributed by atoms with Gasteiger partial charge in [0.1, 0.15) is 5.78 Å². The van der Waals surface area contributed by atoms with Crippen molar-refractivity contribution >= 4 is 17.5 Å². The second-order valence-electron chi connectivity index (χ2n) is 3.57. The van der Waals surface area contributed by atoms with Gasteiger partial charge in [0.15, 0.2) is 0 Å². The van der Waals surface area contributed by atoms with Crippen molar-refractivity contribution in [2.75, 3.05) is 0 Å². The van der Waals surface area contributed by atoms with Gasteiger partial charge in [0.05, 0.1) is 0 Å². The fourth-order valence-electron chi connectivity index (χ4n) is 1.53. The summed E-state index contributed by atoms with van der Waals surface area (Å²) in [5.41, 5.74) is 0. The Hall–Kier alpha value is 0.0200. The maximum Gasteiger partial charge on any atom is 0.132 e. The molecule has 0 aromatic rings. The summed E-state index contributed by atoms with van der Waals surface area (Å²) in [6, 6.07) is 0. The van der Waals surface area contributed by atoms with E-state index in [9.17, 15) is 4.79 Å². The maximum absolute atomic E-state index is 10.9. The molecule has 0 aliphatic heterocycles. The molecule has 62 valence electrons. The van der Waals surface area contributed by atoms with Crippen LogP contribution in [0.25, 0.3) is 0 Å². The molecule has 0 heterocycles. The van der Waals surface area contributed by atoms with Crippen molar-refractivity contribution in [1.82, 2.24) is 0 Å². The predicted molar refractivity (Wildman–Crippen MR) is 47.9 cm³/mol. The van der Waals surface area contributed by atoms with E-state index in [1.165, 1.54) is 12.8 Å². The summed E-state index contributed by atoms with van der Waals surface area (Å²) in [6.45, 7) is 0. The molecule has 2 saturated carbocycles. The number of thioether (sulfide) groups is 1. The minimum atomic E-state index is 0.484. The molecule has 0 unspecified atom stereocenters. The van der Waals surface area contributed by atoms with Gasteiger partial charge >= 0.3 is 0 Å². The first-order chi connectivity index (χ1) is 5.34. The first-order valence-corrected chi connectivity index (χ1v) is 5.46. The van der Waals surface area contributed by atoms with Crippen LogP contribution in [0.1, 0.15) is 38.5 Å². The average Bonchev–Trinajstić information content (AvgIpc) is 2.78. The minimum Gasteiger partial charge on any atom is -0.300 e. The van der Waals surface area contributed by atoms with E-state index in [-0.39, 0.29) is 0 Å². The molecule has 2 rings (SSSR count). The largest absolute Gasteiger partial charge is 0.300 e. The van der Waals surface area contributed by atoms with Gasteiger partial charge in [-0.15, -0.1) is 0 Å². The zero-order chi connectivity index (χ0) is 7.68. The maximum atomic E-state index is 10.9. The standard InChI is InChI=1S/C9H14OS/c10-7-1-3-8(4-2-7)11-9-5-6-9/h8-9H,1-6H2. The van der Waals surface area contributed by atoms with E-state index >= 15 is 0 Å². The lowest BCUT2D eigenvalue weighted by atomic mass is 9.99. The fraction of sp³-hybridized carbons (Fsp3) is 0.889. The highest BCUT2D eigenvalue weighted by atomic mass is 32.2. The van der Waals surface area contributed by atoms with Crippen LogP contribution in [0.2, 0.25) is 0 Å². The molecule has 0 bridgehead atoms. The van der Waals surface area contributed by atoms with Crippen LogP contribution in [-0.2, 0) is 4.79 Å². The second kappa shape index (κ2) is 3.18. The van der Waals surface area contributed by atoms with Crippen LogP contribution in [0.5, 0.6) is 0 Å². The van der Waals surface area contributed by atoms with Crippen molar-refractivity contribution in [3.05, 3.63) is 0 Å². The van der Waals surface area contributed by atoms with Crippen LogP contribution >= 0.6 is 11.8 Å². The van der Waals surface area contributed by atoms with Gasteiger partial charge in [-0.2, -0.15) is 11.8 Å². The van der Waals surface area contributed by atoms with Crippen molar-refractivity contribution in [2.45, 2.75) is 49.0 Å². The third-order valence-electron chi connectivity index (χ3n) is 2.40. The Morgan fingerprint density at radius 1 is 1.00 bits per heavy atom. The van der Waals surface area contributed by atoms with Gasteiger partial charge < -0.3 is 0 Å². The average molecular weight is 170 g/mol. The number of carbonyl (C=O) groups excluding carboxylic acids is 1. The lowest BCUT2D eigenvalue weighted by Crippen LogP contribution is -2.15. The summed E-state index contributed by atoms with van der Waals surface area (Å²) in [7, 11) is 0. The Bertz CT molecular complexity index is 153. The van der Waals surface area contributed by atoms with Gasteiger partial charge in [0, 0.05) is 23.3 Å². The molecule has 2 aliphatic carbocycles. The SMILES string of the molecule is O=C1CCC(SC2CC2)CC1. The molecular weight excluding hydrogens is 156 g/mol. The third kappa shape index (κ3) is 2.22. The van der Waals surface area contributed by atoms with E-state index in [0.717, 1.165) is 36.2 Å². The first-order valence-electron chi connectivity index (χ1n) is 4.52. The van der Waals surface area contributed by atoms with E-state index in [0.29, 0.717) is 5.78 Å². The Morgan fingerprint density at radius 2 is 1.55 bits per heavy atom. The number of hydrogen-bond donors (Lipinski definition) is 0. The van der Waals surface area contributed by atoms with Crippen LogP contribution < -0.4 is 0 Å². The molecule has 11 heavy (non-hydrogen) atoms. The Balaban J connectivity index is 1.73. The third-order valence-corrected chi connectivity index (χ3v) is 4.11. The monoisotopic (exact) mass is 170 g/mol. The predicted octanol–water partition coefficient (Wildman–Crippen LogP) is 2.39. The minimum absolute atomic E-state index is 0.484. The highest BCUT2D eigenvalue weighted by Gasteiger charge is 2.28. The number of hydrogen-bond acceptors (Lipinski definition) is 2. The quantitative estimate of drug-likeness (QED) is 0.633. The van der Waals surface area contributed by atoms with Crippen molar-refractivity contribution in [3.8, 4) is 0 Å². The van der Waals surface area contributed by atoms with Crippen molar-refractivity contribution in [2.24, 2.45) is 0 Å². The normalized spacial score (nSPS) is 27.5. The topological polar surface area (TPSA) is 17.1 Å². The summed E-state index contributed by atoms with van der Waals surface area (Å²) in [4.78, 5) is 10.9. The summed E-state index contributed by atoms with van der Waals surface area (Å²) in [5, 5.41) is 1.79.